The van der Waals surface area contributed by atoms with Gasteiger partial charge in [0, 0.05) is 28.5 Å². The van der Waals surface area contributed by atoms with Gasteiger partial charge in [-0.25, -0.2) is 4.79 Å². The van der Waals surface area contributed by atoms with Crippen molar-refractivity contribution in [1.29, 1.82) is 0 Å². The van der Waals surface area contributed by atoms with Crippen molar-refractivity contribution in [2.45, 2.75) is 38.4 Å². The van der Waals surface area contributed by atoms with Crippen molar-refractivity contribution in [1.82, 2.24) is 15.2 Å². The first kappa shape index (κ1) is 24.4. The minimum atomic E-state index is -1.39. The molecule has 1 heterocycles. The summed E-state index contributed by atoms with van der Waals surface area (Å²) in [5, 5.41) is 14.9. The standard InChI is InChI=1S/C28H28ClN3O3/c1-19(21-8-4-3-5-9-21)31-26(33)28(2,16-22-17-30-25-11-7-6-10-24(22)25)32(27(34)35)18-20-12-14-23(29)15-13-20/h3-15,17,19,30H,16,18H2,1-2H3,(H,31,33)(H,34,35). The molecule has 0 saturated heterocycles. The van der Waals surface area contributed by atoms with E-state index in [1.807, 2.05) is 67.7 Å². The highest BCUT2D eigenvalue weighted by atomic mass is 35.5. The molecule has 2 amide bonds. The molecule has 0 bridgehead atoms. The molecule has 2 unspecified atom stereocenters. The van der Waals surface area contributed by atoms with Gasteiger partial charge in [-0.1, -0.05) is 72.3 Å². The van der Waals surface area contributed by atoms with Gasteiger partial charge in [0.2, 0.25) is 5.91 Å². The minimum absolute atomic E-state index is 0.0402. The molecule has 4 aromatic rings. The molecule has 0 aliphatic heterocycles. The smallest absolute Gasteiger partial charge is 0.408 e. The lowest BCUT2D eigenvalue weighted by atomic mass is 9.88. The molecular weight excluding hydrogens is 462 g/mol. The summed E-state index contributed by atoms with van der Waals surface area (Å²) in [5.74, 6) is -0.365. The van der Waals surface area contributed by atoms with Gasteiger partial charge in [-0.2, -0.15) is 0 Å². The number of aromatic nitrogens is 1. The Balaban J connectivity index is 1.72. The van der Waals surface area contributed by atoms with Crippen molar-refractivity contribution in [3.63, 3.8) is 0 Å². The SMILES string of the molecule is CC(NC(=O)C(C)(Cc1c[nH]c2ccccc12)N(Cc1ccc(Cl)cc1)C(=O)O)c1ccccc1. The molecular formula is C28H28ClN3O3. The van der Waals surface area contributed by atoms with E-state index in [1.165, 1.54) is 4.90 Å². The summed E-state index contributed by atoms with van der Waals surface area (Å²) in [7, 11) is 0. The van der Waals surface area contributed by atoms with E-state index in [9.17, 15) is 14.7 Å². The Labute approximate surface area is 209 Å². The molecule has 1 aromatic heterocycles. The molecule has 2 atom stereocenters. The number of rotatable bonds is 8. The van der Waals surface area contributed by atoms with Crippen LogP contribution in [0, 0.1) is 0 Å². The molecule has 4 rings (SSSR count). The van der Waals surface area contributed by atoms with E-state index in [0.29, 0.717) is 5.02 Å². The summed E-state index contributed by atoms with van der Waals surface area (Å²) in [6.07, 6.45) is 0.869. The van der Waals surface area contributed by atoms with Crippen molar-refractivity contribution < 1.29 is 14.7 Å². The number of amides is 2. The van der Waals surface area contributed by atoms with Crippen LogP contribution in [0.5, 0.6) is 0 Å². The lowest BCUT2D eigenvalue weighted by Crippen LogP contribution is -2.59. The van der Waals surface area contributed by atoms with E-state index in [2.05, 4.69) is 10.3 Å². The Bertz CT molecular complexity index is 1320. The zero-order valence-electron chi connectivity index (χ0n) is 19.7. The number of benzene rings is 3. The first-order chi connectivity index (χ1) is 16.8. The average Bonchev–Trinajstić information content (AvgIpc) is 3.26. The second-order valence-corrected chi connectivity index (χ2v) is 9.35. The maximum absolute atomic E-state index is 13.9. The van der Waals surface area contributed by atoms with Crippen LogP contribution in [0.3, 0.4) is 0 Å². The third-order valence-corrected chi connectivity index (χ3v) is 6.68. The lowest BCUT2D eigenvalue weighted by Gasteiger charge is -2.39. The summed E-state index contributed by atoms with van der Waals surface area (Å²) in [6.45, 7) is 3.62. The van der Waals surface area contributed by atoms with Gasteiger partial charge in [-0.3, -0.25) is 9.69 Å². The fraction of sp³-hybridized carbons (Fsp3) is 0.214. The molecule has 180 valence electrons. The predicted octanol–water partition coefficient (Wildman–Crippen LogP) is 6.18. The molecule has 3 N–H and O–H groups in total. The maximum atomic E-state index is 13.9. The highest BCUT2D eigenvalue weighted by Crippen LogP contribution is 2.29. The second kappa shape index (κ2) is 10.2. The fourth-order valence-electron chi connectivity index (χ4n) is 4.35. The molecule has 35 heavy (non-hydrogen) atoms. The van der Waals surface area contributed by atoms with Crippen LogP contribution in [0.15, 0.2) is 85.1 Å². The van der Waals surface area contributed by atoms with Crippen molar-refractivity contribution >= 4 is 34.5 Å². The van der Waals surface area contributed by atoms with E-state index < -0.39 is 11.6 Å². The van der Waals surface area contributed by atoms with Crippen LogP contribution < -0.4 is 5.32 Å². The van der Waals surface area contributed by atoms with E-state index >= 15 is 0 Å². The van der Waals surface area contributed by atoms with Crippen molar-refractivity contribution in [2.24, 2.45) is 0 Å². The predicted molar refractivity (Wildman–Crippen MR) is 138 cm³/mol. The number of fused-ring (bicyclic) bond motifs is 1. The second-order valence-electron chi connectivity index (χ2n) is 8.91. The Hall–Kier alpha value is -3.77. The quantitative estimate of drug-likeness (QED) is 0.276. The molecule has 0 radical (unpaired) electrons. The fourth-order valence-corrected chi connectivity index (χ4v) is 4.48. The normalized spacial score (nSPS) is 13.7. The number of carbonyl (C=O) groups is 2. The molecule has 0 saturated carbocycles. The highest BCUT2D eigenvalue weighted by Gasteiger charge is 2.43. The van der Waals surface area contributed by atoms with Gasteiger partial charge in [-0.15, -0.1) is 0 Å². The van der Waals surface area contributed by atoms with Crippen LogP contribution in [0.2, 0.25) is 5.02 Å². The Morgan fingerprint density at radius 3 is 2.37 bits per heavy atom. The lowest BCUT2D eigenvalue weighted by molar-refractivity contribution is -0.132. The number of para-hydroxylation sites is 1. The van der Waals surface area contributed by atoms with Gasteiger partial charge >= 0.3 is 6.09 Å². The number of carbonyl (C=O) groups excluding carboxylic acids is 1. The number of carboxylic acid groups (broad SMARTS) is 1. The molecule has 0 aliphatic carbocycles. The van der Waals surface area contributed by atoms with Gasteiger partial charge in [0.1, 0.15) is 5.54 Å². The number of nitrogens with zero attached hydrogens (tertiary/aromatic N) is 1. The zero-order valence-corrected chi connectivity index (χ0v) is 20.4. The summed E-state index contributed by atoms with van der Waals surface area (Å²) in [4.78, 5) is 30.9. The van der Waals surface area contributed by atoms with Crippen LogP contribution in [-0.4, -0.2) is 32.5 Å². The van der Waals surface area contributed by atoms with Gasteiger partial charge in [0.25, 0.3) is 0 Å². The Morgan fingerprint density at radius 2 is 1.69 bits per heavy atom. The van der Waals surface area contributed by atoms with Gasteiger partial charge < -0.3 is 15.4 Å². The van der Waals surface area contributed by atoms with Crippen LogP contribution in [0.4, 0.5) is 4.79 Å². The zero-order chi connectivity index (χ0) is 25.0. The number of H-pyrrole nitrogens is 1. The monoisotopic (exact) mass is 489 g/mol. The Kier molecular flexibility index (Phi) is 7.12. The van der Waals surface area contributed by atoms with Crippen molar-refractivity contribution in [3.05, 3.63) is 107 Å². The first-order valence-electron chi connectivity index (χ1n) is 11.4. The number of aromatic amines is 1. The number of nitrogens with one attached hydrogen (secondary N) is 2. The average molecular weight is 490 g/mol. The van der Waals surface area contributed by atoms with Crippen molar-refractivity contribution in [3.8, 4) is 0 Å². The summed E-state index contributed by atoms with van der Waals surface area (Å²) >= 11 is 6.02. The van der Waals surface area contributed by atoms with Crippen LogP contribution >= 0.6 is 11.6 Å². The number of halogens is 1. The highest BCUT2D eigenvalue weighted by molar-refractivity contribution is 6.30. The molecule has 0 fully saturated rings. The number of hydrogen-bond acceptors (Lipinski definition) is 2. The van der Waals surface area contributed by atoms with Gasteiger partial charge in [0.05, 0.1) is 12.6 Å². The van der Waals surface area contributed by atoms with Gasteiger partial charge in [0.15, 0.2) is 0 Å². The third-order valence-electron chi connectivity index (χ3n) is 6.43. The van der Waals surface area contributed by atoms with Crippen LogP contribution in [-0.2, 0) is 17.8 Å². The molecule has 6 nitrogen and oxygen atoms in total. The minimum Gasteiger partial charge on any atom is -0.465 e. The maximum Gasteiger partial charge on any atom is 0.408 e. The Morgan fingerprint density at radius 1 is 1.03 bits per heavy atom. The van der Waals surface area contributed by atoms with Crippen molar-refractivity contribution in [2.75, 3.05) is 0 Å². The molecule has 0 aliphatic rings. The van der Waals surface area contributed by atoms with E-state index in [1.54, 1.807) is 31.2 Å². The van der Waals surface area contributed by atoms with Crippen LogP contribution in [0.1, 0.15) is 36.6 Å². The number of hydrogen-bond donors (Lipinski definition) is 3. The van der Waals surface area contributed by atoms with Gasteiger partial charge in [-0.05, 0) is 48.7 Å². The summed E-state index contributed by atoms with van der Waals surface area (Å²) < 4.78 is 0. The van der Waals surface area contributed by atoms with E-state index in [4.69, 9.17) is 11.6 Å². The molecule has 7 heteroatoms. The molecule has 3 aromatic carbocycles. The first-order valence-corrected chi connectivity index (χ1v) is 11.8. The molecule has 0 spiro atoms. The topological polar surface area (TPSA) is 85.4 Å². The summed E-state index contributed by atoms with van der Waals surface area (Å²) in [6, 6.07) is 24.1. The third kappa shape index (κ3) is 5.33. The largest absolute Gasteiger partial charge is 0.465 e. The van der Waals surface area contributed by atoms with E-state index in [-0.39, 0.29) is 24.9 Å². The summed E-state index contributed by atoms with van der Waals surface area (Å²) in [5.41, 5.74) is 2.09. The van der Waals surface area contributed by atoms with E-state index in [0.717, 1.165) is 27.6 Å². The van der Waals surface area contributed by atoms with Crippen LogP contribution in [0.25, 0.3) is 10.9 Å².